The molecular weight excluding hydrogens is 314 g/mol. The van der Waals surface area contributed by atoms with Crippen molar-refractivity contribution in [2.24, 2.45) is 0 Å². The molecule has 0 saturated heterocycles. The Morgan fingerprint density at radius 3 is 2.75 bits per heavy atom. The second kappa shape index (κ2) is 5.25. The van der Waals surface area contributed by atoms with Gasteiger partial charge in [-0.25, -0.2) is 0 Å². The maximum Gasteiger partial charge on any atom is 0.182 e. The first-order valence-corrected chi connectivity index (χ1v) is 7.28. The Hall–Kier alpha value is -1.87. The van der Waals surface area contributed by atoms with Gasteiger partial charge in [0, 0.05) is 27.1 Å². The molecule has 20 heavy (non-hydrogen) atoms. The Labute approximate surface area is 126 Å². The Balaban J connectivity index is 1.95. The number of hydrogen-bond donors (Lipinski definition) is 0. The van der Waals surface area contributed by atoms with Crippen LogP contribution in [0.5, 0.6) is 0 Å². The van der Waals surface area contributed by atoms with E-state index in [0.717, 1.165) is 15.6 Å². The van der Waals surface area contributed by atoms with Crippen molar-refractivity contribution in [3.63, 3.8) is 0 Å². The molecule has 3 heteroatoms. The zero-order valence-electron chi connectivity index (χ0n) is 11.1. The summed E-state index contributed by atoms with van der Waals surface area (Å²) in [5.41, 5.74) is 3.03. The Kier molecular flexibility index (Phi) is 3.45. The maximum absolute atomic E-state index is 12.4. The standard InChI is InChI=1S/C17H14BrNO/c1-12-10-19(16-8-3-2-7-15(12)16)11-17(20)13-5-4-6-14(18)9-13/h2-10H,11H2,1H3. The average Bonchev–Trinajstić information content (AvgIpc) is 2.76. The molecule has 0 aliphatic heterocycles. The number of para-hydroxylation sites is 1. The first-order chi connectivity index (χ1) is 9.65. The monoisotopic (exact) mass is 327 g/mol. The van der Waals surface area contributed by atoms with Gasteiger partial charge in [-0.15, -0.1) is 0 Å². The third-order valence-electron chi connectivity index (χ3n) is 3.45. The summed E-state index contributed by atoms with van der Waals surface area (Å²) in [7, 11) is 0. The van der Waals surface area contributed by atoms with E-state index in [0.29, 0.717) is 6.54 Å². The van der Waals surface area contributed by atoms with E-state index in [-0.39, 0.29) is 5.78 Å². The fourth-order valence-corrected chi connectivity index (χ4v) is 2.87. The van der Waals surface area contributed by atoms with Gasteiger partial charge in [-0.1, -0.05) is 46.3 Å². The molecule has 0 aliphatic carbocycles. The van der Waals surface area contributed by atoms with Gasteiger partial charge in [-0.2, -0.15) is 0 Å². The smallest absolute Gasteiger partial charge is 0.182 e. The SMILES string of the molecule is Cc1cn(CC(=O)c2cccc(Br)c2)c2ccccc12. The number of fused-ring (bicyclic) bond motifs is 1. The van der Waals surface area contributed by atoms with E-state index in [1.54, 1.807) is 0 Å². The van der Waals surface area contributed by atoms with Crippen molar-refractivity contribution in [1.29, 1.82) is 0 Å². The molecule has 0 atom stereocenters. The summed E-state index contributed by atoms with van der Waals surface area (Å²) in [6, 6.07) is 15.7. The number of benzene rings is 2. The summed E-state index contributed by atoms with van der Waals surface area (Å²) < 4.78 is 2.95. The number of rotatable bonds is 3. The first kappa shape index (κ1) is 13.1. The van der Waals surface area contributed by atoms with Gasteiger partial charge in [-0.05, 0) is 30.7 Å². The molecular formula is C17H14BrNO. The summed E-state index contributed by atoms with van der Waals surface area (Å²) in [4.78, 5) is 12.4. The molecule has 0 aliphatic rings. The summed E-state index contributed by atoms with van der Waals surface area (Å²) in [6.07, 6.45) is 2.04. The van der Waals surface area contributed by atoms with E-state index in [9.17, 15) is 4.79 Å². The lowest BCUT2D eigenvalue weighted by Crippen LogP contribution is -2.09. The zero-order chi connectivity index (χ0) is 14.1. The number of ketones is 1. The Morgan fingerprint density at radius 2 is 1.95 bits per heavy atom. The van der Waals surface area contributed by atoms with Crippen LogP contribution in [-0.2, 0) is 6.54 Å². The predicted octanol–water partition coefficient (Wildman–Crippen LogP) is 4.60. The van der Waals surface area contributed by atoms with E-state index in [4.69, 9.17) is 0 Å². The van der Waals surface area contributed by atoms with Gasteiger partial charge in [0.1, 0.15) is 0 Å². The van der Waals surface area contributed by atoms with E-state index in [1.807, 2.05) is 47.2 Å². The second-order valence-electron chi connectivity index (χ2n) is 4.89. The molecule has 1 heterocycles. The van der Waals surface area contributed by atoms with Gasteiger partial charge in [0.05, 0.1) is 6.54 Å². The summed E-state index contributed by atoms with van der Waals surface area (Å²) in [5, 5.41) is 1.20. The third kappa shape index (κ3) is 2.41. The highest BCUT2D eigenvalue weighted by Crippen LogP contribution is 2.21. The highest BCUT2D eigenvalue weighted by molar-refractivity contribution is 9.10. The predicted molar refractivity (Wildman–Crippen MR) is 85.1 cm³/mol. The number of aromatic nitrogens is 1. The van der Waals surface area contributed by atoms with Crippen LogP contribution in [0.1, 0.15) is 15.9 Å². The number of carbonyl (C=O) groups is 1. The van der Waals surface area contributed by atoms with Crippen molar-refractivity contribution < 1.29 is 4.79 Å². The molecule has 3 aromatic rings. The number of aryl methyl sites for hydroxylation is 1. The van der Waals surface area contributed by atoms with Gasteiger partial charge < -0.3 is 4.57 Å². The van der Waals surface area contributed by atoms with Gasteiger partial charge in [-0.3, -0.25) is 4.79 Å². The minimum absolute atomic E-state index is 0.118. The van der Waals surface area contributed by atoms with Crippen molar-refractivity contribution in [2.75, 3.05) is 0 Å². The van der Waals surface area contributed by atoms with Crippen LogP contribution in [0.3, 0.4) is 0 Å². The minimum atomic E-state index is 0.118. The fraction of sp³-hybridized carbons (Fsp3) is 0.118. The minimum Gasteiger partial charge on any atom is -0.339 e. The topological polar surface area (TPSA) is 22.0 Å². The van der Waals surface area contributed by atoms with Crippen LogP contribution >= 0.6 is 15.9 Å². The first-order valence-electron chi connectivity index (χ1n) is 6.48. The van der Waals surface area contributed by atoms with Gasteiger partial charge in [0.2, 0.25) is 0 Å². The molecule has 0 bridgehead atoms. The Bertz CT molecular complexity index is 789. The number of Topliss-reactive ketones (excluding diaryl/α,β-unsaturated/α-hetero) is 1. The molecule has 100 valence electrons. The lowest BCUT2D eigenvalue weighted by molar-refractivity contribution is 0.0973. The van der Waals surface area contributed by atoms with Crippen molar-refractivity contribution in [3.05, 3.63) is 70.3 Å². The highest BCUT2D eigenvalue weighted by Gasteiger charge is 2.10. The van der Waals surface area contributed by atoms with Crippen LogP contribution in [-0.4, -0.2) is 10.4 Å². The van der Waals surface area contributed by atoms with E-state index in [1.165, 1.54) is 10.9 Å². The largest absolute Gasteiger partial charge is 0.339 e. The number of nitrogens with zero attached hydrogens (tertiary/aromatic N) is 1. The molecule has 0 amide bonds. The molecule has 2 nitrogen and oxygen atoms in total. The summed E-state index contributed by atoms with van der Waals surface area (Å²) in [6.45, 7) is 2.44. The van der Waals surface area contributed by atoms with Crippen LogP contribution < -0.4 is 0 Å². The van der Waals surface area contributed by atoms with Crippen LogP contribution in [0.25, 0.3) is 10.9 Å². The van der Waals surface area contributed by atoms with Crippen molar-refractivity contribution in [2.45, 2.75) is 13.5 Å². The number of carbonyl (C=O) groups excluding carboxylic acids is 1. The number of hydrogen-bond acceptors (Lipinski definition) is 1. The number of halogens is 1. The molecule has 0 saturated carbocycles. The van der Waals surface area contributed by atoms with Crippen molar-refractivity contribution in [1.82, 2.24) is 4.57 Å². The third-order valence-corrected chi connectivity index (χ3v) is 3.94. The Morgan fingerprint density at radius 1 is 1.15 bits per heavy atom. The van der Waals surface area contributed by atoms with E-state index in [2.05, 4.69) is 35.0 Å². The van der Waals surface area contributed by atoms with Gasteiger partial charge in [0.25, 0.3) is 0 Å². The maximum atomic E-state index is 12.4. The molecule has 3 rings (SSSR count). The van der Waals surface area contributed by atoms with Crippen LogP contribution in [0.4, 0.5) is 0 Å². The van der Waals surface area contributed by atoms with Crippen LogP contribution in [0.2, 0.25) is 0 Å². The van der Waals surface area contributed by atoms with Crippen LogP contribution in [0, 0.1) is 6.92 Å². The fourth-order valence-electron chi connectivity index (χ4n) is 2.47. The molecule has 1 aromatic heterocycles. The molecule has 0 radical (unpaired) electrons. The lowest BCUT2D eigenvalue weighted by Gasteiger charge is -2.05. The molecule has 0 unspecified atom stereocenters. The summed E-state index contributed by atoms with van der Waals surface area (Å²) >= 11 is 3.40. The molecule has 0 fully saturated rings. The second-order valence-corrected chi connectivity index (χ2v) is 5.81. The van der Waals surface area contributed by atoms with Crippen LogP contribution in [0.15, 0.2) is 59.2 Å². The van der Waals surface area contributed by atoms with E-state index >= 15 is 0 Å². The van der Waals surface area contributed by atoms with E-state index < -0.39 is 0 Å². The molecule has 2 aromatic carbocycles. The van der Waals surface area contributed by atoms with Crippen molar-refractivity contribution >= 4 is 32.6 Å². The van der Waals surface area contributed by atoms with Gasteiger partial charge in [0.15, 0.2) is 5.78 Å². The summed E-state index contributed by atoms with van der Waals surface area (Å²) in [5.74, 6) is 0.118. The normalized spacial score (nSPS) is 10.9. The zero-order valence-corrected chi connectivity index (χ0v) is 12.7. The lowest BCUT2D eigenvalue weighted by atomic mass is 10.1. The molecule has 0 N–H and O–H groups in total. The average molecular weight is 328 g/mol. The highest BCUT2D eigenvalue weighted by atomic mass is 79.9. The van der Waals surface area contributed by atoms with Crippen molar-refractivity contribution in [3.8, 4) is 0 Å². The molecule has 0 spiro atoms. The quantitative estimate of drug-likeness (QED) is 0.644. The van der Waals surface area contributed by atoms with Gasteiger partial charge >= 0.3 is 0 Å².